The Bertz CT molecular complexity index is 742. The summed E-state index contributed by atoms with van der Waals surface area (Å²) >= 11 is 5.93. The fourth-order valence-corrected chi connectivity index (χ4v) is 1.83. The predicted octanol–water partition coefficient (Wildman–Crippen LogP) is 2.51. The molecule has 0 radical (unpaired) electrons. The SMILES string of the molecule is O=C(O)c1ccc(/C=N/NC(=O)c2ccc(O)cc2)c(Cl)c1. The van der Waals surface area contributed by atoms with Crippen LogP contribution in [0.3, 0.4) is 0 Å². The van der Waals surface area contributed by atoms with Crippen molar-refractivity contribution in [2.45, 2.75) is 0 Å². The monoisotopic (exact) mass is 318 g/mol. The van der Waals surface area contributed by atoms with Gasteiger partial charge < -0.3 is 10.2 Å². The standard InChI is InChI=1S/C15H11ClN2O4/c16-13-7-10(15(21)22)1-2-11(13)8-17-18-14(20)9-3-5-12(19)6-4-9/h1-8,19H,(H,18,20)(H,21,22)/b17-8+. The molecule has 112 valence electrons. The number of halogens is 1. The molecule has 1 amide bonds. The summed E-state index contributed by atoms with van der Waals surface area (Å²) < 4.78 is 0. The van der Waals surface area contributed by atoms with E-state index in [0.717, 1.165) is 0 Å². The average Bonchev–Trinajstić information content (AvgIpc) is 2.49. The van der Waals surface area contributed by atoms with Crippen LogP contribution in [-0.2, 0) is 0 Å². The molecule has 0 saturated heterocycles. The molecule has 0 bridgehead atoms. The van der Waals surface area contributed by atoms with Crippen molar-refractivity contribution in [3.63, 3.8) is 0 Å². The molecule has 6 nitrogen and oxygen atoms in total. The van der Waals surface area contributed by atoms with E-state index in [-0.39, 0.29) is 16.3 Å². The Kier molecular flexibility index (Phi) is 4.75. The zero-order valence-electron chi connectivity index (χ0n) is 11.2. The van der Waals surface area contributed by atoms with Crippen LogP contribution >= 0.6 is 11.6 Å². The van der Waals surface area contributed by atoms with Gasteiger partial charge >= 0.3 is 5.97 Å². The number of phenolic OH excluding ortho intramolecular Hbond substituents is 1. The number of aromatic carboxylic acids is 1. The third-order valence-electron chi connectivity index (χ3n) is 2.75. The van der Waals surface area contributed by atoms with Crippen LogP contribution in [0.4, 0.5) is 0 Å². The van der Waals surface area contributed by atoms with Gasteiger partial charge in [-0.15, -0.1) is 0 Å². The first-order chi connectivity index (χ1) is 10.5. The van der Waals surface area contributed by atoms with E-state index in [9.17, 15) is 9.59 Å². The van der Waals surface area contributed by atoms with Crippen LogP contribution in [0.2, 0.25) is 5.02 Å². The number of carboxylic acid groups (broad SMARTS) is 1. The number of nitrogens with one attached hydrogen (secondary N) is 1. The summed E-state index contributed by atoms with van der Waals surface area (Å²) in [6.45, 7) is 0. The van der Waals surface area contributed by atoms with E-state index in [4.69, 9.17) is 21.8 Å². The predicted molar refractivity (Wildman–Crippen MR) is 81.6 cm³/mol. The van der Waals surface area contributed by atoms with E-state index in [0.29, 0.717) is 11.1 Å². The lowest BCUT2D eigenvalue weighted by atomic mass is 10.1. The maximum absolute atomic E-state index is 11.8. The zero-order chi connectivity index (χ0) is 16.1. The molecule has 2 rings (SSSR count). The normalized spacial score (nSPS) is 10.6. The van der Waals surface area contributed by atoms with Crippen LogP contribution in [-0.4, -0.2) is 28.3 Å². The zero-order valence-corrected chi connectivity index (χ0v) is 11.9. The van der Waals surface area contributed by atoms with Crippen molar-refractivity contribution in [3.05, 3.63) is 64.2 Å². The second kappa shape index (κ2) is 6.73. The van der Waals surface area contributed by atoms with Gasteiger partial charge in [-0.2, -0.15) is 5.10 Å². The van der Waals surface area contributed by atoms with Gasteiger partial charge in [-0.3, -0.25) is 4.79 Å². The van der Waals surface area contributed by atoms with E-state index >= 15 is 0 Å². The fourth-order valence-electron chi connectivity index (χ4n) is 1.60. The smallest absolute Gasteiger partial charge is 0.335 e. The quantitative estimate of drug-likeness (QED) is 0.595. The Morgan fingerprint density at radius 1 is 1.09 bits per heavy atom. The number of hydrogen-bond donors (Lipinski definition) is 3. The topological polar surface area (TPSA) is 99.0 Å². The molecule has 2 aromatic carbocycles. The molecular formula is C15H11ClN2O4. The highest BCUT2D eigenvalue weighted by atomic mass is 35.5. The Morgan fingerprint density at radius 2 is 1.73 bits per heavy atom. The highest BCUT2D eigenvalue weighted by Crippen LogP contribution is 2.16. The number of benzene rings is 2. The second-order valence-corrected chi connectivity index (χ2v) is 4.69. The molecule has 2 aromatic rings. The summed E-state index contributed by atoms with van der Waals surface area (Å²) in [4.78, 5) is 22.5. The lowest BCUT2D eigenvalue weighted by molar-refractivity contribution is 0.0696. The summed E-state index contributed by atoms with van der Waals surface area (Å²) in [7, 11) is 0. The first-order valence-corrected chi connectivity index (χ1v) is 6.50. The summed E-state index contributed by atoms with van der Waals surface area (Å²) in [5.74, 6) is -1.47. The third-order valence-corrected chi connectivity index (χ3v) is 3.07. The largest absolute Gasteiger partial charge is 0.508 e. The molecule has 0 aromatic heterocycles. The van der Waals surface area contributed by atoms with Gasteiger partial charge in [0.15, 0.2) is 0 Å². The summed E-state index contributed by atoms with van der Waals surface area (Å²) in [6, 6.07) is 9.86. The van der Waals surface area contributed by atoms with E-state index in [1.807, 2.05) is 0 Å². The number of amides is 1. The molecule has 0 spiro atoms. The van der Waals surface area contributed by atoms with Crippen molar-refractivity contribution in [1.82, 2.24) is 5.43 Å². The van der Waals surface area contributed by atoms with Crippen LogP contribution in [0, 0.1) is 0 Å². The van der Waals surface area contributed by atoms with Gasteiger partial charge in [0.25, 0.3) is 5.91 Å². The Balaban J connectivity index is 2.05. The lowest BCUT2D eigenvalue weighted by Gasteiger charge is -2.01. The van der Waals surface area contributed by atoms with Crippen molar-refractivity contribution in [1.29, 1.82) is 0 Å². The van der Waals surface area contributed by atoms with E-state index in [2.05, 4.69) is 10.5 Å². The molecule has 7 heteroatoms. The minimum absolute atomic E-state index is 0.0605. The first kappa shape index (κ1) is 15.5. The maximum Gasteiger partial charge on any atom is 0.335 e. The van der Waals surface area contributed by atoms with E-state index < -0.39 is 11.9 Å². The molecule has 22 heavy (non-hydrogen) atoms. The van der Waals surface area contributed by atoms with Crippen molar-refractivity contribution in [2.24, 2.45) is 5.10 Å². The van der Waals surface area contributed by atoms with Crippen LogP contribution < -0.4 is 5.43 Å². The number of nitrogens with zero attached hydrogens (tertiary/aromatic N) is 1. The van der Waals surface area contributed by atoms with Gasteiger partial charge in [-0.1, -0.05) is 17.7 Å². The van der Waals surface area contributed by atoms with Crippen LogP contribution in [0.15, 0.2) is 47.6 Å². The second-order valence-electron chi connectivity index (χ2n) is 4.29. The minimum Gasteiger partial charge on any atom is -0.508 e. The molecule has 0 aliphatic rings. The molecule has 3 N–H and O–H groups in total. The molecule has 0 unspecified atom stereocenters. The molecular weight excluding hydrogens is 308 g/mol. The first-order valence-electron chi connectivity index (χ1n) is 6.12. The van der Waals surface area contributed by atoms with Crippen molar-refractivity contribution < 1.29 is 19.8 Å². The highest BCUT2D eigenvalue weighted by Gasteiger charge is 2.06. The Morgan fingerprint density at radius 3 is 2.32 bits per heavy atom. The van der Waals surface area contributed by atoms with Gasteiger partial charge in [-0.05, 0) is 36.4 Å². The fraction of sp³-hybridized carbons (Fsp3) is 0. The number of carbonyl (C=O) groups is 2. The maximum atomic E-state index is 11.8. The molecule has 0 aliphatic carbocycles. The molecule has 0 fully saturated rings. The van der Waals surface area contributed by atoms with E-state index in [1.54, 1.807) is 0 Å². The number of hydrazone groups is 1. The van der Waals surface area contributed by atoms with Crippen molar-refractivity contribution >= 4 is 29.7 Å². The molecule has 0 atom stereocenters. The Hall–Kier alpha value is -2.86. The van der Waals surface area contributed by atoms with Crippen LogP contribution in [0.1, 0.15) is 26.3 Å². The Labute approximate surface area is 130 Å². The number of hydrogen-bond acceptors (Lipinski definition) is 4. The van der Waals surface area contributed by atoms with Gasteiger partial charge in [0.1, 0.15) is 5.75 Å². The number of rotatable bonds is 4. The van der Waals surface area contributed by atoms with Crippen LogP contribution in [0.5, 0.6) is 5.75 Å². The number of carbonyl (C=O) groups excluding carboxylic acids is 1. The third kappa shape index (κ3) is 3.83. The highest BCUT2D eigenvalue weighted by molar-refractivity contribution is 6.33. The number of aromatic hydroxyl groups is 1. The number of phenols is 1. The number of carboxylic acids is 1. The summed E-state index contributed by atoms with van der Waals surface area (Å²) in [5.41, 5.74) is 3.18. The van der Waals surface area contributed by atoms with Crippen molar-refractivity contribution in [2.75, 3.05) is 0 Å². The molecule has 0 heterocycles. The summed E-state index contributed by atoms with van der Waals surface area (Å²) in [6.07, 6.45) is 1.31. The molecule has 0 saturated carbocycles. The van der Waals surface area contributed by atoms with Gasteiger partial charge in [0.05, 0.1) is 16.8 Å². The lowest BCUT2D eigenvalue weighted by Crippen LogP contribution is -2.17. The van der Waals surface area contributed by atoms with Gasteiger partial charge in [0, 0.05) is 11.1 Å². The average molecular weight is 319 g/mol. The minimum atomic E-state index is -1.08. The van der Waals surface area contributed by atoms with Gasteiger partial charge in [-0.25, -0.2) is 10.2 Å². The van der Waals surface area contributed by atoms with Crippen molar-refractivity contribution in [3.8, 4) is 5.75 Å². The summed E-state index contributed by atoms with van der Waals surface area (Å²) in [5, 5.41) is 21.9. The van der Waals surface area contributed by atoms with Gasteiger partial charge in [0.2, 0.25) is 0 Å². The van der Waals surface area contributed by atoms with E-state index in [1.165, 1.54) is 48.7 Å². The molecule has 0 aliphatic heterocycles. The van der Waals surface area contributed by atoms with Crippen LogP contribution in [0.25, 0.3) is 0 Å².